The molecule has 86 valence electrons. The highest BCUT2D eigenvalue weighted by atomic mass is 79.9. The fourth-order valence-electron chi connectivity index (χ4n) is 1.86. The lowest BCUT2D eigenvalue weighted by Gasteiger charge is -2.07. The summed E-state index contributed by atoms with van der Waals surface area (Å²) < 4.78 is 0. The monoisotopic (exact) mass is 286 g/mol. The lowest BCUT2D eigenvalue weighted by atomic mass is 10.00. The number of allylic oxidation sites excluding steroid dienone is 1. The van der Waals surface area contributed by atoms with E-state index in [9.17, 15) is 0 Å². The minimum atomic E-state index is 1.00. The molecule has 17 heavy (non-hydrogen) atoms. The molecular formula is C16H15Br. The van der Waals surface area contributed by atoms with Gasteiger partial charge >= 0.3 is 0 Å². The Kier molecular flexibility index (Phi) is 4.57. The molecule has 0 spiro atoms. The third-order valence-electron chi connectivity index (χ3n) is 2.70. The summed E-state index contributed by atoms with van der Waals surface area (Å²) in [6.07, 6.45) is 2.00. The Morgan fingerprint density at radius 3 is 1.53 bits per heavy atom. The van der Waals surface area contributed by atoms with E-state index in [4.69, 9.17) is 0 Å². The molecule has 0 aliphatic heterocycles. The van der Waals surface area contributed by atoms with Crippen LogP contribution in [0, 0.1) is 0 Å². The van der Waals surface area contributed by atoms with Crippen molar-refractivity contribution in [3.8, 4) is 0 Å². The Labute approximate surface area is 111 Å². The van der Waals surface area contributed by atoms with Crippen LogP contribution in [0.2, 0.25) is 0 Å². The summed E-state index contributed by atoms with van der Waals surface area (Å²) in [4.78, 5) is 2.05. The van der Waals surface area contributed by atoms with E-state index in [1.165, 1.54) is 16.7 Å². The molecule has 1 heteroatoms. The highest BCUT2D eigenvalue weighted by Gasteiger charge is 2.00. The SMILES string of the molecule is BrC=C(Cc1ccccc1)Cc1ccccc1. The number of hydrogen-bond acceptors (Lipinski definition) is 0. The summed E-state index contributed by atoms with van der Waals surface area (Å²) in [6, 6.07) is 21.1. The summed E-state index contributed by atoms with van der Waals surface area (Å²) >= 11 is 3.47. The maximum absolute atomic E-state index is 3.47. The van der Waals surface area contributed by atoms with Crippen LogP contribution in [-0.2, 0) is 12.8 Å². The van der Waals surface area contributed by atoms with E-state index >= 15 is 0 Å². The van der Waals surface area contributed by atoms with E-state index in [-0.39, 0.29) is 0 Å². The van der Waals surface area contributed by atoms with Gasteiger partial charge < -0.3 is 0 Å². The van der Waals surface area contributed by atoms with E-state index in [0.717, 1.165) is 12.8 Å². The molecule has 2 rings (SSSR count). The quantitative estimate of drug-likeness (QED) is 0.761. The third-order valence-corrected chi connectivity index (χ3v) is 3.35. The lowest BCUT2D eigenvalue weighted by molar-refractivity contribution is 1.04. The fraction of sp³-hybridized carbons (Fsp3) is 0.125. The van der Waals surface area contributed by atoms with Crippen LogP contribution in [0.25, 0.3) is 0 Å². The van der Waals surface area contributed by atoms with Crippen molar-refractivity contribution in [3.63, 3.8) is 0 Å². The van der Waals surface area contributed by atoms with Crippen LogP contribution >= 0.6 is 15.9 Å². The Morgan fingerprint density at radius 2 is 1.18 bits per heavy atom. The van der Waals surface area contributed by atoms with Gasteiger partial charge in [0.1, 0.15) is 0 Å². The van der Waals surface area contributed by atoms with Crippen LogP contribution in [0.3, 0.4) is 0 Å². The highest BCUT2D eigenvalue weighted by Crippen LogP contribution is 2.15. The molecule has 2 aromatic rings. The third kappa shape index (κ3) is 3.86. The van der Waals surface area contributed by atoms with E-state index in [0.29, 0.717) is 0 Å². The Morgan fingerprint density at radius 1 is 0.765 bits per heavy atom. The van der Waals surface area contributed by atoms with Crippen LogP contribution in [0.15, 0.2) is 71.2 Å². The molecule has 2 aromatic carbocycles. The summed E-state index contributed by atoms with van der Waals surface area (Å²) in [5.41, 5.74) is 4.10. The number of hydrogen-bond donors (Lipinski definition) is 0. The van der Waals surface area contributed by atoms with E-state index < -0.39 is 0 Å². The molecule has 0 fully saturated rings. The minimum absolute atomic E-state index is 1.00. The van der Waals surface area contributed by atoms with Gasteiger partial charge in [-0.15, -0.1) is 0 Å². The average Bonchev–Trinajstić information content (AvgIpc) is 2.40. The average molecular weight is 287 g/mol. The molecule has 0 unspecified atom stereocenters. The van der Waals surface area contributed by atoms with E-state index in [1.807, 2.05) is 4.99 Å². The Balaban J connectivity index is 2.04. The maximum Gasteiger partial charge on any atom is -0.00555 e. The zero-order valence-corrected chi connectivity index (χ0v) is 11.2. The van der Waals surface area contributed by atoms with Crippen molar-refractivity contribution in [2.75, 3.05) is 0 Å². The summed E-state index contributed by atoms with van der Waals surface area (Å²) in [7, 11) is 0. The predicted molar refractivity (Wildman–Crippen MR) is 77.3 cm³/mol. The second-order valence-electron chi connectivity index (χ2n) is 4.09. The molecule has 0 aromatic heterocycles. The van der Waals surface area contributed by atoms with Gasteiger partial charge in [0, 0.05) is 0 Å². The van der Waals surface area contributed by atoms with Crippen molar-refractivity contribution >= 4 is 15.9 Å². The van der Waals surface area contributed by atoms with Gasteiger partial charge in [0.2, 0.25) is 0 Å². The number of rotatable bonds is 4. The van der Waals surface area contributed by atoms with E-state index in [1.54, 1.807) is 0 Å². The molecule has 0 atom stereocenters. The van der Waals surface area contributed by atoms with Gasteiger partial charge in [-0.1, -0.05) is 82.2 Å². The van der Waals surface area contributed by atoms with Gasteiger partial charge in [-0.2, -0.15) is 0 Å². The molecule has 0 aliphatic rings. The van der Waals surface area contributed by atoms with Gasteiger partial charge in [0.05, 0.1) is 0 Å². The number of halogens is 1. The van der Waals surface area contributed by atoms with Gasteiger partial charge in [-0.3, -0.25) is 0 Å². The van der Waals surface area contributed by atoms with Gasteiger partial charge in [0.25, 0.3) is 0 Å². The molecule has 0 saturated heterocycles. The Bertz CT molecular complexity index is 428. The molecule has 0 saturated carbocycles. The van der Waals surface area contributed by atoms with Crippen molar-refractivity contribution in [2.45, 2.75) is 12.8 Å². The molecule has 0 bridgehead atoms. The van der Waals surface area contributed by atoms with Crippen LogP contribution in [-0.4, -0.2) is 0 Å². The van der Waals surface area contributed by atoms with E-state index in [2.05, 4.69) is 76.6 Å². The van der Waals surface area contributed by atoms with Crippen molar-refractivity contribution in [1.29, 1.82) is 0 Å². The summed E-state index contributed by atoms with van der Waals surface area (Å²) in [5.74, 6) is 0. The largest absolute Gasteiger partial charge is 0.0622 e. The standard InChI is InChI=1S/C16H15Br/c17-13-16(11-14-7-3-1-4-8-14)12-15-9-5-2-6-10-15/h1-10,13H,11-12H2. The first-order valence-corrected chi connectivity index (χ1v) is 6.66. The minimum Gasteiger partial charge on any atom is -0.0622 e. The molecular weight excluding hydrogens is 272 g/mol. The van der Waals surface area contributed by atoms with Gasteiger partial charge in [0.15, 0.2) is 0 Å². The maximum atomic E-state index is 3.47. The summed E-state index contributed by atoms with van der Waals surface area (Å²) in [5, 5.41) is 0. The molecule has 0 radical (unpaired) electrons. The molecule has 0 heterocycles. The number of benzene rings is 2. The topological polar surface area (TPSA) is 0 Å². The Hall–Kier alpha value is -1.34. The van der Waals surface area contributed by atoms with Crippen molar-refractivity contribution in [2.24, 2.45) is 0 Å². The van der Waals surface area contributed by atoms with Crippen LogP contribution in [0.1, 0.15) is 11.1 Å². The predicted octanol–water partition coefficient (Wildman–Crippen LogP) is 4.75. The first kappa shape index (κ1) is 12.1. The van der Waals surface area contributed by atoms with Crippen LogP contribution < -0.4 is 0 Å². The highest BCUT2D eigenvalue weighted by molar-refractivity contribution is 9.11. The van der Waals surface area contributed by atoms with Gasteiger partial charge in [-0.25, -0.2) is 0 Å². The smallest absolute Gasteiger partial charge is 0.00555 e. The normalized spacial score (nSPS) is 9.94. The molecule has 0 N–H and O–H groups in total. The zero-order valence-electron chi connectivity index (χ0n) is 9.64. The first-order chi connectivity index (χ1) is 8.38. The van der Waals surface area contributed by atoms with Gasteiger partial charge in [-0.05, 0) is 29.0 Å². The molecule has 0 nitrogen and oxygen atoms in total. The molecule has 0 amide bonds. The lowest BCUT2D eigenvalue weighted by Crippen LogP contribution is -1.94. The van der Waals surface area contributed by atoms with Crippen molar-refractivity contribution < 1.29 is 0 Å². The van der Waals surface area contributed by atoms with Crippen molar-refractivity contribution in [3.05, 3.63) is 82.3 Å². The van der Waals surface area contributed by atoms with Crippen LogP contribution in [0.5, 0.6) is 0 Å². The van der Waals surface area contributed by atoms with Crippen molar-refractivity contribution in [1.82, 2.24) is 0 Å². The first-order valence-electron chi connectivity index (χ1n) is 5.74. The second-order valence-corrected chi connectivity index (χ2v) is 4.55. The zero-order chi connectivity index (χ0) is 11.9. The fourth-order valence-corrected chi connectivity index (χ4v) is 2.18. The molecule has 0 aliphatic carbocycles. The summed E-state index contributed by atoms with van der Waals surface area (Å²) in [6.45, 7) is 0. The second kappa shape index (κ2) is 6.41. The van der Waals surface area contributed by atoms with Crippen LogP contribution in [0.4, 0.5) is 0 Å².